The third kappa shape index (κ3) is 3.18. The van der Waals surface area contributed by atoms with Crippen LogP contribution in [-0.4, -0.2) is 36.6 Å². The number of methoxy groups -OCH3 is 1. The van der Waals surface area contributed by atoms with Gasteiger partial charge >= 0.3 is 0 Å². The fourth-order valence-electron chi connectivity index (χ4n) is 4.96. The summed E-state index contributed by atoms with van der Waals surface area (Å²) in [7, 11) is 1.68. The Bertz CT molecular complexity index is 1140. The number of anilines is 2. The van der Waals surface area contributed by atoms with Crippen molar-refractivity contribution in [1.82, 2.24) is 5.16 Å². The van der Waals surface area contributed by atoms with Gasteiger partial charge in [0, 0.05) is 35.3 Å². The van der Waals surface area contributed by atoms with E-state index in [1.54, 1.807) is 7.11 Å². The van der Waals surface area contributed by atoms with E-state index in [4.69, 9.17) is 9.26 Å². The average Bonchev–Trinajstić information content (AvgIpc) is 3.23. The SMILES string of the molecule is COc1ccccc1SNc1noc2c1CC1(CC1)c1ccc(N3CCC(O)C3)cc1-2. The number of rotatable bonds is 5. The van der Waals surface area contributed by atoms with Crippen LogP contribution in [0.15, 0.2) is 51.9 Å². The Morgan fingerprint density at radius 1 is 1.26 bits per heavy atom. The van der Waals surface area contributed by atoms with Crippen LogP contribution in [0.4, 0.5) is 11.5 Å². The minimum absolute atomic E-state index is 0.211. The second-order valence-electron chi connectivity index (χ2n) is 8.77. The van der Waals surface area contributed by atoms with Gasteiger partial charge in [-0.15, -0.1) is 0 Å². The van der Waals surface area contributed by atoms with Crippen molar-refractivity contribution in [3.8, 4) is 17.1 Å². The molecule has 2 fully saturated rings. The average molecular weight is 436 g/mol. The standard InChI is InChI=1S/C24H25N3O3S/c1-29-20-4-2-3-5-21(20)31-26-23-18-13-24(9-10-24)19-7-6-15(27-11-8-16(28)14-27)12-17(19)22(18)30-25-23/h2-7,12,16,28H,8-11,13-14H2,1H3,(H,25,26). The molecule has 2 heterocycles. The highest BCUT2D eigenvalue weighted by Gasteiger charge is 2.50. The Kier molecular flexibility index (Phi) is 4.43. The Labute approximate surface area is 185 Å². The molecular formula is C24H25N3O3S. The van der Waals surface area contributed by atoms with Gasteiger partial charge in [0.15, 0.2) is 11.6 Å². The molecule has 160 valence electrons. The molecule has 0 bridgehead atoms. The molecule has 0 amide bonds. The number of hydrogen-bond acceptors (Lipinski definition) is 7. The summed E-state index contributed by atoms with van der Waals surface area (Å²) in [5.74, 6) is 2.50. The summed E-state index contributed by atoms with van der Waals surface area (Å²) < 4.78 is 14.8. The molecular weight excluding hydrogens is 410 g/mol. The van der Waals surface area contributed by atoms with Crippen LogP contribution in [-0.2, 0) is 11.8 Å². The highest BCUT2D eigenvalue weighted by Crippen LogP contribution is 2.59. The molecule has 2 N–H and O–H groups in total. The maximum absolute atomic E-state index is 9.95. The molecule has 31 heavy (non-hydrogen) atoms. The topological polar surface area (TPSA) is 70.8 Å². The maximum Gasteiger partial charge on any atom is 0.183 e. The maximum atomic E-state index is 9.95. The van der Waals surface area contributed by atoms with Crippen molar-refractivity contribution < 1.29 is 14.4 Å². The fraction of sp³-hybridized carbons (Fsp3) is 0.375. The van der Waals surface area contributed by atoms with E-state index in [0.717, 1.165) is 58.4 Å². The second kappa shape index (κ2) is 7.21. The number of ether oxygens (including phenoxy) is 1. The first-order valence-electron chi connectivity index (χ1n) is 10.8. The largest absolute Gasteiger partial charge is 0.496 e. The molecule has 0 radical (unpaired) electrons. The normalized spacial score (nSPS) is 20.5. The fourth-order valence-corrected chi connectivity index (χ4v) is 5.72. The molecule has 6 nitrogen and oxygen atoms in total. The van der Waals surface area contributed by atoms with Crippen LogP contribution < -0.4 is 14.4 Å². The highest BCUT2D eigenvalue weighted by molar-refractivity contribution is 8.00. The van der Waals surface area contributed by atoms with Gasteiger partial charge in [-0.2, -0.15) is 0 Å². The van der Waals surface area contributed by atoms with E-state index in [-0.39, 0.29) is 11.5 Å². The van der Waals surface area contributed by atoms with Gasteiger partial charge in [-0.1, -0.05) is 23.4 Å². The Morgan fingerprint density at radius 3 is 2.90 bits per heavy atom. The third-order valence-corrected chi connectivity index (χ3v) is 7.68. The third-order valence-electron chi connectivity index (χ3n) is 6.83. The number of aromatic nitrogens is 1. The van der Waals surface area contributed by atoms with Crippen molar-refractivity contribution >= 4 is 23.5 Å². The number of nitrogens with zero attached hydrogens (tertiary/aromatic N) is 2. The number of fused-ring (bicyclic) bond motifs is 4. The lowest BCUT2D eigenvalue weighted by Crippen LogP contribution is -2.22. The van der Waals surface area contributed by atoms with Gasteiger partial charge in [0.25, 0.3) is 0 Å². The quantitative estimate of drug-likeness (QED) is 0.566. The monoisotopic (exact) mass is 435 g/mol. The number of benzene rings is 2. The van der Waals surface area contributed by atoms with E-state index in [9.17, 15) is 5.11 Å². The molecule has 1 saturated heterocycles. The van der Waals surface area contributed by atoms with Gasteiger partial charge < -0.3 is 24.0 Å². The van der Waals surface area contributed by atoms with Crippen molar-refractivity contribution in [2.24, 2.45) is 0 Å². The summed E-state index contributed by atoms with van der Waals surface area (Å²) in [6.07, 6.45) is 3.93. The minimum atomic E-state index is -0.241. The molecule has 3 aliphatic rings. The summed E-state index contributed by atoms with van der Waals surface area (Å²) in [4.78, 5) is 3.26. The first-order valence-corrected chi connectivity index (χ1v) is 11.6. The number of hydrogen-bond donors (Lipinski definition) is 2. The zero-order valence-electron chi connectivity index (χ0n) is 17.4. The van der Waals surface area contributed by atoms with Crippen molar-refractivity contribution in [2.45, 2.75) is 42.1 Å². The molecule has 6 rings (SSSR count). The summed E-state index contributed by atoms with van der Waals surface area (Å²) in [5, 5.41) is 14.4. The number of aliphatic hydroxyl groups excluding tert-OH is 1. The number of β-amino-alcohol motifs (C(OH)–C–C–N with tert-alkyl or cyclic N) is 1. The molecule has 1 saturated carbocycles. The zero-order valence-corrected chi connectivity index (χ0v) is 18.2. The van der Waals surface area contributed by atoms with Crippen molar-refractivity contribution in [2.75, 3.05) is 29.8 Å². The van der Waals surface area contributed by atoms with Crippen LogP contribution in [0.5, 0.6) is 5.75 Å². The predicted molar refractivity (Wildman–Crippen MR) is 122 cm³/mol. The summed E-state index contributed by atoms with van der Waals surface area (Å²) in [6, 6.07) is 14.6. The van der Waals surface area contributed by atoms with Crippen LogP contribution in [0.2, 0.25) is 0 Å². The van der Waals surface area contributed by atoms with Crippen LogP contribution in [0.3, 0.4) is 0 Å². The molecule has 7 heteroatoms. The summed E-state index contributed by atoms with van der Waals surface area (Å²) in [6.45, 7) is 1.58. The first kappa shape index (κ1) is 19.1. The number of nitrogens with one attached hydrogen (secondary N) is 1. The van der Waals surface area contributed by atoms with E-state index in [1.807, 2.05) is 24.3 Å². The van der Waals surface area contributed by atoms with Gasteiger partial charge in [0.2, 0.25) is 0 Å². The van der Waals surface area contributed by atoms with E-state index in [0.29, 0.717) is 6.54 Å². The van der Waals surface area contributed by atoms with Crippen LogP contribution >= 0.6 is 11.9 Å². The van der Waals surface area contributed by atoms with Gasteiger partial charge in [-0.05, 0) is 67.5 Å². The Balaban J connectivity index is 1.33. The number of para-hydroxylation sites is 1. The molecule has 1 aliphatic heterocycles. The molecule has 2 aromatic carbocycles. The smallest absolute Gasteiger partial charge is 0.183 e. The van der Waals surface area contributed by atoms with Crippen LogP contribution in [0.1, 0.15) is 30.4 Å². The molecule has 1 spiro atoms. The number of aliphatic hydroxyl groups is 1. The van der Waals surface area contributed by atoms with Crippen molar-refractivity contribution in [3.63, 3.8) is 0 Å². The van der Waals surface area contributed by atoms with Crippen molar-refractivity contribution in [1.29, 1.82) is 0 Å². The van der Waals surface area contributed by atoms with Crippen LogP contribution in [0, 0.1) is 0 Å². The van der Waals surface area contributed by atoms with Crippen LogP contribution in [0.25, 0.3) is 11.3 Å². The van der Waals surface area contributed by atoms with Crippen molar-refractivity contribution in [3.05, 3.63) is 53.6 Å². The molecule has 2 aliphatic carbocycles. The Hall–Kier alpha value is -2.64. The minimum Gasteiger partial charge on any atom is -0.496 e. The first-order chi connectivity index (χ1) is 15.2. The van der Waals surface area contributed by atoms with E-state index in [2.05, 4.69) is 33.0 Å². The van der Waals surface area contributed by atoms with E-state index >= 15 is 0 Å². The predicted octanol–water partition coefficient (Wildman–Crippen LogP) is 4.63. The van der Waals surface area contributed by atoms with E-state index < -0.39 is 0 Å². The van der Waals surface area contributed by atoms with Gasteiger partial charge in [-0.25, -0.2) is 0 Å². The molecule has 3 aromatic rings. The van der Waals surface area contributed by atoms with E-state index in [1.165, 1.54) is 30.4 Å². The molecule has 1 unspecified atom stereocenters. The zero-order chi connectivity index (χ0) is 21.0. The summed E-state index contributed by atoms with van der Waals surface area (Å²) in [5.41, 5.74) is 5.05. The molecule has 1 atom stereocenters. The molecule has 1 aromatic heterocycles. The Morgan fingerprint density at radius 2 is 2.13 bits per heavy atom. The van der Waals surface area contributed by atoms with Gasteiger partial charge in [0.05, 0.1) is 18.1 Å². The lowest BCUT2D eigenvalue weighted by atomic mass is 9.79. The highest BCUT2D eigenvalue weighted by atomic mass is 32.2. The second-order valence-corrected chi connectivity index (χ2v) is 9.62. The lowest BCUT2D eigenvalue weighted by Gasteiger charge is -2.27. The summed E-state index contributed by atoms with van der Waals surface area (Å²) >= 11 is 1.49. The lowest BCUT2D eigenvalue weighted by molar-refractivity contribution is 0.198. The van der Waals surface area contributed by atoms with Gasteiger partial charge in [0.1, 0.15) is 5.75 Å². The van der Waals surface area contributed by atoms with Gasteiger partial charge in [-0.3, -0.25) is 0 Å².